The zero-order valence-electron chi connectivity index (χ0n) is 17.4. The Kier molecular flexibility index (Phi) is 6.89. The summed E-state index contributed by atoms with van der Waals surface area (Å²) in [5.41, 5.74) is 0. The highest BCUT2D eigenvalue weighted by molar-refractivity contribution is 8.26. The Labute approximate surface area is 200 Å². The Morgan fingerprint density at radius 3 is 2.81 bits per heavy atom. The van der Waals surface area contributed by atoms with Gasteiger partial charge in [0.1, 0.15) is 15.8 Å². The van der Waals surface area contributed by atoms with Crippen LogP contribution in [0, 0.1) is 6.92 Å². The Bertz CT molecular complexity index is 1170. The van der Waals surface area contributed by atoms with Gasteiger partial charge >= 0.3 is 0 Å². The number of nitrogens with zero attached hydrogens (tertiary/aromatic N) is 2. The molecule has 2 aromatic heterocycles. The van der Waals surface area contributed by atoms with Crippen molar-refractivity contribution < 1.29 is 22.4 Å². The molecule has 0 spiro atoms. The summed E-state index contributed by atoms with van der Waals surface area (Å²) in [7, 11) is -3.16. The van der Waals surface area contributed by atoms with Gasteiger partial charge in [0.05, 0.1) is 23.0 Å². The molecule has 4 rings (SSSR count). The van der Waals surface area contributed by atoms with Crippen molar-refractivity contribution in [1.29, 1.82) is 0 Å². The second-order valence-electron chi connectivity index (χ2n) is 7.69. The average Bonchev–Trinajstić information content (AvgIpc) is 3.50. The third kappa shape index (κ3) is 5.33. The van der Waals surface area contributed by atoms with Gasteiger partial charge in [0.2, 0.25) is 5.91 Å². The van der Waals surface area contributed by atoms with Crippen LogP contribution in [0.1, 0.15) is 29.2 Å². The van der Waals surface area contributed by atoms with Gasteiger partial charge in [0.25, 0.3) is 5.91 Å². The van der Waals surface area contributed by atoms with Crippen LogP contribution < -0.4 is 0 Å². The minimum absolute atomic E-state index is 0.0506. The lowest BCUT2D eigenvalue weighted by atomic mass is 10.2. The Morgan fingerprint density at radius 2 is 2.19 bits per heavy atom. The second-order valence-corrected chi connectivity index (χ2v) is 12.6. The predicted octanol–water partition coefficient (Wildman–Crippen LogP) is 3.46. The first-order valence-electron chi connectivity index (χ1n) is 10.1. The summed E-state index contributed by atoms with van der Waals surface area (Å²) in [5, 5.41) is 1.93. The maximum absolute atomic E-state index is 13.1. The van der Waals surface area contributed by atoms with E-state index in [1.165, 1.54) is 28.0 Å². The average molecular weight is 511 g/mol. The standard InChI is InChI=1S/C21H22N2O5S4/c1-14-4-5-16(28-14)12-23(15-7-10-32(26,27)13-15)19(24)6-8-22-20(25)18(31-21(22)29)11-17-3-2-9-30-17/h2-5,9,11,15H,6-8,10,12-13H2,1H3/b18-11-. The van der Waals surface area contributed by atoms with Crippen LogP contribution in [0.3, 0.4) is 0 Å². The molecule has 2 aliphatic heterocycles. The molecule has 0 radical (unpaired) electrons. The number of thioether (sulfide) groups is 1. The van der Waals surface area contributed by atoms with Crippen LogP contribution in [0.25, 0.3) is 6.08 Å². The van der Waals surface area contributed by atoms with E-state index in [2.05, 4.69) is 0 Å². The van der Waals surface area contributed by atoms with Gasteiger partial charge in [-0.15, -0.1) is 11.3 Å². The third-order valence-electron chi connectivity index (χ3n) is 5.33. The van der Waals surface area contributed by atoms with Gasteiger partial charge in [0, 0.05) is 23.9 Å². The highest BCUT2D eigenvalue weighted by Crippen LogP contribution is 2.33. The Morgan fingerprint density at radius 1 is 1.38 bits per heavy atom. The number of thiophene rings is 1. The Hall–Kier alpha value is -1.95. The smallest absolute Gasteiger partial charge is 0.266 e. The van der Waals surface area contributed by atoms with Gasteiger partial charge in [-0.25, -0.2) is 8.42 Å². The van der Waals surface area contributed by atoms with Crippen molar-refractivity contribution in [2.24, 2.45) is 0 Å². The van der Waals surface area contributed by atoms with Crippen molar-refractivity contribution in [2.75, 3.05) is 18.1 Å². The Balaban J connectivity index is 1.44. The number of hydrogen-bond acceptors (Lipinski definition) is 8. The lowest BCUT2D eigenvalue weighted by molar-refractivity contribution is -0.134. The minimum Gasteiger partial charge on any atom is -0.464 e. The molecular weight excluding hydrogens is 489 g/mol. The molecule has 7 nitrogen and oxygen atoms in total. The number of sulfone groups is 1. The van der Waals surface area contributed by atoms with E-state index < -0.39 is 15.9 Å². The second kappa shape index (κ2) is 9.50. The van der Waals surface area contributed by atoms with Crippen molar-refractivity contribution in [2.45, 2.75) is 32.4 Å². The third-order valence-corrected chi connectivity index (χ3v) is 9.28. The highest BCUT2D eigenvalue weighted by Gasteiger charge is 2.36. The molecule has 1 atom stereocenters. The normalized spacial score (nSPS) is 21.6. The number of furan rings is 1. The molecule has 0 aromatic carbocycles. The van der Waals surface area contributed by atoms with Crippen molar-refractivity contribution >= 4 is 67.4 Å². The number of amides is 2. The topological polar surface area (TPSA) is 87.9 Å². The molecule has 11 heteroatoms. The highest BCUT2D eigenvalue weighted by atomic mass is 32.2. The maximum Gasteiger partial charge on any atom is 0.266 e. The first-order chi connectivity index (χ1) is 15.2. The van der Waals surface area contributed by atoms with E-state index in [9.17, 15) is 18.0 Å². The van der Waals surface area contributed by atoms with E-state index in [0.29, 0.717) is 21.4 Å². The predicted molar refractivity (Wildman–Crippen MR) is 130 cm³/mol. The zero-order valence-corrected chi connectivity index (χ0v) is 20.6. The number of carbonyl (C=O) groups excluding carboxylic acids is 2. The number of hydrogen-bond donors (Lipinski definition) is 0. The van der Waals surface area contributed by atoms with E-state index in [-0.39, 0.29) is 42.8 Å². The van der Waals surface area contributed by atoms with Crippen LogP contribution in [0.4, 0.5) is 0 Å². The summed E-state index contributed by atoms with van der Waals surface area (Å²) in [5.74, 6) is 0.908. The molecule has 2 amide bonds. The molecule has 2 aromatic rings. The van der Waals surface area contributed by atoms with Gasteiger partial charge in [-0.3, -0.25) is 14.5 Å². The molecule has 0 bridgehead atoms. The van der Waals surface area contributed by atoms with E-state index in [1.807, 2.05) is 30.5 Å². The van der Waals surface area contributed by atoms with E-state index in [0.717, 1.165) is 10.6 Å². The fraction of sp³-hybridized carbons (Fsp3) is 0.381. The van der Waals surface area contributed by atoms with E-state index >= 15 is 0 Å². The lowest BCUT2D eigenvalue weighted by Crippen LogP contribution is -2.42. The first-order valence-corrected chi connectivity index (χ1v) is 14.0. The van der Waals surface area contributed by atoms with E-state index in [4.69, 9.17) is 16.6 Å². The van der Waals surface area contributed by atoms with Gasteiger partial charge < -0.3 is 9.32 Å². The number of aryl methyl sites for hydroxylation is 1. The molecule has 0 N–H and O–H groups in total. The molecule has 32 heavy (non-hydrogen) atoms. The number of carbonyl (C=O) groups is 2. The van der Waals surface area contributed by atoms with Gasteiger partial charge in [-0.1, -0.05) is 30.0 Å². The molecule has 2 aliphatic rings. The molecule has 2 fully saturated rings. The van der Waals surface area contributed by atoms with Crippen LogP contribution in [-0.4, -0.2) is 58.4 Å². The van der Waals surface area contributed by atoms with Crippen molar-refractivity contribution in [3.63, 3.8) is 0 Å². The monoisotopic (exact) mass is 510 g/mol. The van der Waals surface area contributed by atoms with Crippen LogP contribution in [0.15, 0.2) is 39.0 Å². The summed E-state index contributed by atoms with van der Waals surface area (Å²) < 4.78 is 30.0. The summed E-state index contributed by atoms with van der Waals surface area (Å²) in [6.07, 6.45) is 2.26. The van der Waals surface area contributed by atoms with Gasteiger partial charge in [-0.05, 0) is 43.0 Å². The van der Waals surface area contributed by atoms with Gasteiger partial charge in [0.15, 0.2) is 9.84 Å². The summed E-state index contributed by atoms with van der Waals surface area (Å²) >= 11 is 8.12. The molecule has 4 heterocycles. The van der Waals surface area contributed by atoms with Crippen LogP contribution >= 0.6 is 35.3 Å². The molecule has 0 aliphatic carbocycles. The van der Waals surface area contributed by atoms with Crippen molar-refractivity contribution in [1.82, 2.24) is 9.80 Å². The molecule has 170 valence electrons. The van der Waals surface area contributed by atoms with Crippen LogP contribution in [0.5, 0.6) is 0 Å². The van der Waals surface area contributed by atoms with E-state index in [1.54, 1.807) is 17.0 Å². The van der Waals surface area contributed by atoms with Crippen LogP contribution in [-0.2, 0) is 26.0 Å². The molecule has 0 saturated carbocycles. The fourth-order valence-corrected chi connectivity index (χ4v) is 7.49. The van der Waals surface area contributed by atoms with Crippen molar-refractivity contribution in [3.8, 4) is 0 Å². The number of thiocarbonyl (C=S) groups is 1. The lowest BCUT2D eigenvalue weighted by Gasteiger charge is -2.28. The van der Waals surface area contributed by atoms with Crippen LogP contribution in [0.2, 0.25) is 0 Å². The summed E-state index contributed by atoms with van der Waals surface area (Å²) in [4.78, 5) is 30.5. The van der Waals surface area contributed by atoms with Crippen molar-refractivity contribution in [3.05, 3.63) is 50.9 Å². The first kappa shape index (κ1) is 23.2. The zero-order chi connectivity index (χ0) is 22.9. The number of rotatable bonds is 7. The minimum atomic E-state index is -3.16. The summed E-state index contributed by atoms with van der Waals surface area (Å²) in [6.45, 7) is 2.16. The molecule has 2 saturated heterocycles. The SMILES string of the molecule is Cc1ccc(CN(C(=O)CCN2C(=O)/C(=C/c3cccs3)SC2=S)C2CCS(=O)(=O)C2)o1. The van der Waals surface area contributed by atoms with Gasteiger partial charge in [-0.2, -0.15) is 0 Å². The molecule has 1 unspecified atom stereocenters. The summed E-state index contributed by atoms with van der Waals surface area (Å²) in [6, 6.07) is 7.03. The quantitative estimate of drug-likeness (QED) is 0.416. The maximum atomic E-state index is 13.1. The largest absolute Gasteiger partial charge is 0.464 e. The molecular formula is C21H22N2O5S4. The fourth-order valence-electron chi connectivity index (χ4n) is 3.73.